The maximum Gasteiger partial charge on any atom is 0.337 e. The van der Waals surface area contributed by atoms with E-state index in [0.717, 1.165) is 0 Å². The van der Waals surface area contributed by atoms with Gasteiger partial charge in [0.1, 0.15) is 11.6 Å². The fraction of sp³-hybridized carbons (Fsp3) is 0.227. The van der Waals surface area contributed by atoms with Gasteiger partial charge in [0, 0.05) is 68.5 Å². The van der Waals surface area contributed by atoms with Crippen LogP contribution in [0.4, 0.5) is 21.8 Å². The van der Waals surface area contributed by atoms with Crippen LogP contribution in [0.2, 0.25) is 5.02 Å². The Morgan fingerprint density at radius 1 is 1.12 bits per heavy atom. The summed E-state index contributed by atoms with van der Waals surface area (Å²) in [5.74, 6) is -0.797. The molecular weight excluding hydrogens is 451 g/mol. The smallest absolute Gasteiger partial charge is 0.337 e. The number of rotatable bonds is 5. The number of pyridine rings is 1. The Labute approximate surface area is 193 Å². The predicted molar refractivity (Wildman–Crippen MR) is 121 cm³/mol. The van der Waals surface area contributed by atoms with E-state index in [2.05, 4.69) is 20.3 Å². The lowest BCUT2D eigenvalue weighted by atomic mass is 10.1. The number of amides is 1. The molecule has 1 aliphatic rings. The van der Waals surface area contributed by atoms with E-state index in [0.29, 0.717) is 48.8 Å². The Bertz CT molecular complexity index is 1220. The lowest BCUT2D eigenvalue weighted by molar-refractivity contribution is -0.129. The minimum Gasteiger partial charge on any atom is -0.478 e. The van der Waals surface area contributed by atoms with Gasteiger partial charge in [-0.3, -0.25) is 9.78 Å². The van der Waals surface area contributed by atoms with Crippen molar-refractivity contribution < 1.29 is 19.1 Å². The fourth-order valence-corrected chi connectivity index (χ4v) is 3.70. The van der Waals surface area contributed by atoms with Crippen LogP contribution in [-0.2, 0) is 4.79 Å². The van der Waals surface area contributed by atoms with Crippen LogP contribution in [0.1, 0.15) is 17.3 Å². The number of carbonyl (C=O) groups is 2. The summed E-state index contributed by atoms with van der Waals surface area (Å²) in [6, 6.07) is 5.70. The Hall–Kier alpha value is -3.79. The Balaban J connectivity index is 1.71. The van der Waals surface area contributed by atoms with Gasteiger partial charge in [-0.1, -0.05) is 11.6 Å². The van der Waals surface area contributed by atoms with Gasteiger partial charge in [-0.25, -0.2) is 14.2 Å². The number of nitrogens with zero attached hydrogens (tertiary/aromatic N) is 5. The summed E-state index contributed by atoms with van der Waals surface area (Å²) in [6.07, 6.45) is 4.40. The molecule has 1 aliphatic heterocycles. The van der Waals surface area contributed by atoms with E-state index >= 15 is 0 Å². The zero-order valence-electron chi connectivity index (χ0n) is 17.6. The van der Waals surface area contributed by atoms with Crippen molar-refractivity contribution in [1.82, 2.24) is 19.9 Å². The van der Waals surface area contributed by atoms with E-state index in [1.165, 1.54) is 37.4 Å². The van der Waals surface area contributed by atoms with Gasteiger partial charge in [0.2, 0.25) is 11.9 Å². The number of aromatic carboxylic acids is 1. The first-order valence-electron chi connectivity index (χ1n) is 10.1. The standard InChI is InChI=1S/C22H20ClFN6O3/c1-13(31)29-4-6-30(7-5-29)20-17(14-8-15(21(32)33)11-25-10-14)12-26-22(28-20)27-16-2-3-19(24)18(23)9-16/h2-3,8-12H,4-7H2,1H3,(H,32,33)(H,26,27,28). The number of hydrogen-bond donors (Lipinski definition) is 2. The van der Waals surface area contributed by atoms with Crippen LogP contribution >= 0.6 is 11.6 Å². The lowest BCUT2D eigenvalue weighted by Crippen LogP contribution is -2.48. The molecule has 11 heteroatoms. The van der Waals surface area contributed by atoms with Crippen molar-refractivity contribution in [3.05, 3.63) is 59.3 Å². The molecule has 33 heavy (non-hydrogen) atoms. The first kappa shape index (κ1) is 22.4. The Kier molecular flexibility index (Phi) is 6.36. The molecule has 3 aromatic rings. The minimum absolute atomic E-state index is 0.00599. The van der Waals surface area contributed by atoms with E-state index in [4.69, 9.17) is 11.6 Å². The highest BCUT2D eigenvalue weighted by molar-refractivity contribution is 6.31. The van der Waals surface area contributed by atoms with E-state index in [-0.39, 0.29) is 22.4 Å². The third kappa shape index (κ3) is 5.01. The van der Waals surface area contributed by atoms with Gasteiger partial charge < -0.3 is 20.2 Å². The third-order valence-electron chi connectivity index (χ3n) is 5.27. The predicted octanol–water partition coefficient (Wildman–Crippen LogP) is 3.44. The number of carbonyl (C=O) groups excluding carboxylic acids is 1. The van der Waals surface area contributed by atoms with Crippen molar-refractivity contribution >= 4 is 40.9 Å². The van der Waals surface area contributed by atoms with Gasteiger partial charge in [0.05, 0.1) is 10.6 Å². The highest BCUT2D eigenvalue weighted by Gasteiger charge is 2.23. The summed E-state index contributed by atoms with van der Waals surface area (Å²) in [7, 11) is 0. The molecule has 3 heterocycles. The molecule has 2 aromatic heterocycles. The van der Waals surface area contributed by atoms with Crippen LogP contribution in [0, 0.1) is 5.82 Å². The van der Waals surface area contributed by atoms with Gasteiger partial charge in [0.25, 0.3) is 0 Å². The summed E-state index contributed by atoms with van der Waals surface area (Å²) < 4.78 is 13.5. The normalized spacial score (nSPS) is 13.7. The van der Waals surface area contributed by atoms with Gasteiger partial charge in [-0.05, 0) is 24.3 Å². The van der Waals surface area contributed by atoms with Crippen molar-refractivity contribution in [2.75, 3.05) is 36.4 Å². The molecule has 0 bridgehead atoms. The Morgan fingerprint density at radius 2 is 1.88 bits per heavy atom. The molecule has 2 N–H and O–H groups in total. The van der Waals surface area contributed by atoms with Crippen molar-refractivity contribution in [2.45, 2.75) is 6.92 Å². The maximum absolute atomic E-state index is 13.5. The number of benzene rings is 1. The molecule has 0 spiro atoms. The fourth-order valence-electron chi connectivity index (χ4n) is 3.52. The molecule has 9 nitrogen and oxygen atoms in total. The van der Waals surface area contributed by atoms with Crippen molar-refractivity contribution in [3.63, 3.8) is 0 Å². The first-order chi connectivity index (χ1) is 15.8. The maximum atomic E-state index is 13.5. The number of carboxylic acid groups (broad SMARTS) is 1. The second-order valence-electron chi connectivity index (χ2n) is 7.45. The number of aromatic nitrogens is 3. The van der Waals surface area contributed by atoms with Gasteiger partial charge in [-0.15, -0.1) is 0 Å². The number of anilines is 3. The van der Waals surface area contributed by atoms with Gasteiger partial charge in [-0.2, -0.15) is 4.98 Å². The van der Waals surface area contributed by atoms with Gasteiger partial charge in [0.15, 0.2) is 0 Å². The summed E-state index contributed by atoms with van der Waals surface area (Å²) >= 11 is 5.87. The molecule has 1 fully saturated rings. The number of nitrogens with one attached hydrogen (secondary N) is 1. The number of piperazine rings is 1. The monoisotopic (exact) mass is 470 g/mol. The van der Waals surface area contributed by atoms with Crippen molar-refractivity contribution in [2.24, 2.45) is 0 Å². The number of hydrogen-bond acceptors (Lipinski definition) is 7. The molecule has 0 atom stereocenters. The molecule has 0 unspecified atom stereocenters. The average molecular weight is 471 g/mol. The molecule has 1 saturated heterocycles. The summed E-state index contributed by atoms with van der Waals surface area (Å²) in [4.78, 5) is 39.9. The van der Waals surface area contributed by atoms with E-state index in [1.807, 2.05) is 4.90 Å². The highest BCUT2D eigenvalue weighted by atomic mass is 35.5. The van der Waals surface area contributed by atoms with Gasteiger partial charge >= 0.3 is 5.97 Å². The molecule has 1 amide bonds. The lowest BCUT2D eigenvalue weighted by Gasteiger charge is -2.35. The van der Waals surface area contributed by atoms with Crippen LogP contribution in [0.5, 0.6) is 0 Å². The van der Waals surface area contributed by atoms with Crippen LogP contribution in [0.3, 0.4) is 0 Å². The van der Waals surface area contributed by atoms with E-state index in [9.17, 15) is 19.1 Å². The summed E-state index contributed by atoms with van der Waals surface area (Å²) in [5.41, 5.74) is 1.71. The van der Waals surface area contributed by atoms with Crippen LogP contribution in [-0.4, -0.2) is 63.0 Å². The first-order valence-corrected chi connectivity index (χ1v) is 10.5. The zero-order chi connectivity index (χ0) is 23.5. The summed E-state index contributed by atoms with van der Waals surface area (Å²) in [5, 5.41) is 12.3. The zero-order valence-corrected chi connectivity index (χ0v) is 18.4. The van der Waals surface area contributed by atoms with Crippen molar-refractivity contribution in [3.8, 4) is 11.1 Å². The molecule has 170 valence electrons. The topological polar surface area (TPSA) is 112 Å². The summed E-state index contributed by atoms with van der Waals surface area (Å²) in [6.45, 7) is 3.67. The third-order valence-corrected chi connectivity index (χ3v) is 5.55. The second-order valence-corrected chi connectivity index (χ2v) is 7.85. The molecule has 0 aliphatic carbocycles. The Morgan fingerprint density at radius 3 is 2.55 bits per heavy atom. The van der Waals surface area contributed by atoms with Crippen LogP contribution in [0.15, 0.2) is 42.9 Å². The molecule has 0 radical (unpaired) electrons. The van der Waals surface area contributed by atoms with Crippen LogP contribution in [0.25, 0.3) is 11.1 Å². The minimum atomic E-state index is -1.09. The number of halogens is 2. The second kappa shape index (κ2) is 9.37. The highest BCUT2D eigenvalue weighted by Crippen LogP contribution is 2.31. The molecule has 0 saturated carbocycles. The van der Waals surface area contributed by atoms with E-state index in [1.54, 1.807) is 17.3 Å². The largest absolute Gasteiger partial charge is 0.478 e. The quantitative estimate of drug-likeness (QED) is 0.583. The van der Waals surface area contributed by atoms with Crippen molar-refractivity contribution in [1.29, 1.82) is 0 Å². The molecule has 4 rings (SSSR count). The SMILES string of the molecule is CC(=O)N1CCN(c2nc(Nc3ccc(F)c(Cl)c3)ncc2-c2cncc(C(=O)O)c2)CC1. The van der Waals surface area contributed by atoms with Crippen LogP contribution < -0.4 is 10.2 Å². The average Bonchev–Trinajstić information content (AvgIpc) is 2.81. The van der Waals surface area contributed by atoms with E-state index < -0.39 is 11.8 Å². The molecular formula is C22H20ClFN6O3. The molecule has 1 aromatic carbocycles. The number of carboxylic acids is 1.